The highest BCUT2D eigenvalue weighted by atomic mass is 32.1. The van der Waals surface area contributed by atoms with Crippen molar-refractivity contribution in [2.75, 3.05) is 38.0 Å². The summed E-state index contributed by atoms with van der Waals surface area (Å²) in [5.74, 6) is 0.638. The molecular formula is C18H24N4O2S. The summed E-state index contributed by atoms with van der Waals surface area (Å²) in [4.78, 5) is 28.9. The van der Waals surface area contributed by atoms with Gasteiger partial charge in [-0.05, 0) is 30.7 Å². The predicted octanol–water partition coefficient (Wildman–Crippen LogP) is 1.85. The number of nitriles is 1. The van der Waals surface area contributed by atoms with Gasteiger partial charge in [0.15, 0.2) is 0 Å². The Kier molecular flexibility index (Phi) is 5.40. The standard InChI is InChI=1S/C18H24N4O2S/c1-12-3-4-14-15(10-19)18(25-16(14)9-12)20-17(24)11-21-5-7-22(8-6-21)13(2)23/h12H,3-9,11H2,1-2H3,(H,20,24). The lowest BCUT2D eigenvalue weighted by Gasteiger charge is -2.33. The molecule has 6 nitrogen and oxygen atoms in total. The summed E-state index contributed by atoms with van der Waals surface area (Å²) in [5, 5.41) is 13.2. The van der Waals surface area contributed by atoms with Gasteiger partial charge in [0, 0.05) is 38.0 Å². The van der Waals surface area contributed by atoms with E-state index in [4.69, 9.17) is 0 Å². The second-order valence-electron chi connectivity index (χ2n) is 7.00. The number of fused-ring (bicyclic) bond motifs is 1. The van der Waals surface area contributed by atoms with Crippen LogP contribution in [0.15, 0.2) is 0 Å². The van der Waals surface area contributed by atoms with E-state index in [0.29, 0.717) is 49.2 Å². The van der Waals surface area contributed by atoms with Crippen LogP contribution in [0.5, 0.6) is 0 Å². The molecule has 7 heteroatoms. The van der Waals surface area contributed by atoms with Crippen LogP contribution in [0.4, 0.5) is 5.00 Å². The lowest BCUT2D eigenvalue weighted by atomic mass is 9.89. The Hall–Kier alpha value is -1.91. The Morgan fingerprint density at radius 2 is 2.04 bits per heavy atom. The molecular weight excluding hydrogens is 336 g/mol. The molecule has 25 heavy (non-hydrogen) atoms. The fourth-order valence-corrected chi connectivity index (χ4v) is 4.92. The number of hydrogen-bond acceptors (Lipinski definition) is 5. The third-order valence-electron chi connectivity index (χ3n) is 5.06. The van der Waals surface area contributed by atoms with Gasteiger partial charge in [-0.15, -0.1) is 11.3 Å². The van der Waals surface area contributed by atoms with Crippen molar-refractivity contribution in [1.29, 1.82) is 5.26 Å². The third kappa shape index (κ3) is 4.02. The van der Waals surface area contributed by atoms with Crippen LogP contribution in [-0.2, 0) is 22.4 Å². The van der Waals surface area contributed by atoms with Gasteiger partial charge in [-0.2, -0.15) is 5.26 Å². The molecule has 0 bridgehead atoms. The van der Waals surface area contributed by atoms with Crippen molar-refractivity contribution in [3.05, 3.63) is 16.0 Å². The smallest absolute Gasteiger partial charge is 0.239 e. The van der Waals surface area contributed by atoms with Crippen molar-refractivity contribution in [1.82, 2.24) is 9.80 Å². The Morgan fingerprint density at radius 1 is 1.32 bits per heavy atom. The maximum Gasteiger partial charge on any atom is 0.239 e. The van der Waals surface area contributed by atoms with E-state index in [-0.39, 0.29) is 11.8 Å². The molecule has 2 heterocycles. The first-order valence-electron chi connectivity index (χ1n) is 8.80. The maximum absolute atomic E-state index is 12.4. The third-order valence-corrected chi connectivity index (χ3v) is 6.23. The van der Waals surface area contributed by atoms with Gasteiger partial charge in [0.05, 0.1) is 12.1 Å². The number of anilines is 1. The number of hydrogen-bond donors (Lipinski definition) is 1. The highest BCUT2D eigenvalue weighted by Gasteiger charge is 2.25. The molecule has 1 saturated heterocycles. The number of nitrogens with zero attached hydrogens (tertiary/aromatic N) is 3. The summed E-state index contributed by atoms with van der Waals surface area (Å²) in [6.45, 7) is 6.84. The Morgan fingerprint density at radius 3 is 2.68 bits per heavy atom. The fraction of sp³-hybridized carbons (Fsp3) is 0.611. The first-order chi connectivity index (χ1) is 12.0. The second-order valence-corrected chi connectivity index (χ2v) is 8.10. The highest BCUT2D eigenvalue weighted by Crippen LogP contribution is 2.39. The number of nitrogens with one attached hydrogen (secondary N) is 1. The van der Waals surface area contributed by atoms with Crippen molar-refractivity contribution in [2.24, 2.45) is 5.92 Å². The largest absolute Gasteiger partial charge is 0.340 e. The van der Waals surface area contributed by atoms with Crippen molar-refractivity contribution in [3.8, 4) is 6.07 Å². The normalized spacial score (nSPS) is 20.7. The number of piperazine rings is 1. The minimum atomic E-state index is -0.0839. The van der Waals surface area contributed by atoms with Crippen LogP contribution < -0.4 is 5.32 Å². The van der Waals surface area contributed by atoms with Gasteiger partial charge in [-0.25, -0.2) is 0 Å². The van der Waals surface area contributed by atoms with E-state index < -0.39 is 0 Å². The van der Waals surface area contributed by atoms with Gasteiger partial charge in [-0.1, -0.05) is 6.92 Å². The lowest BCUT2D eigenvalue weighted by molar-refractivity contribution is -0.130. The zero-order chi connectivity index (χ0) is 18.0. The molecule has 134 valence electrons. The zero-order valence-electron chi connectivity index (χ0n) is 14.8. The fourth-order valence-electron chi connectivity index (χ4n) is 3.55. The number of carbonyl (C=O) groups excluding carboxylic acids is 2. The van der Waals surface area contributed by atoms with Crippen LogP contribution in [0.1, 0.15) is 36.3 Å². The van der Waals surface area contributed by atoms with Gasteiger partial charge >= 0.3 is 0 Å². The van der Waals surface area contributed by atoms with E-state index in [9.17, 15) is 14.9 Å². The van der Waals surface area contributed by atoms with Gasteiger partial charge < -0.3 is 10.2 Å². The molecule has 2 amide bonds. The maximum atomic E-state index is 12.4. The molecule has 0 saturated carbocycles. The van der Waals surface area contributed by atoms with Crippen molar-refractivity contribution in [3.63, 3.8) is 0 Å². The molecule has 0 aromatic carbocycles. The summed E-state index contributed by atoms with van der Waals surface area (Å²) in [5.41, 5.74) is 1.79. The van der Waals surface area contributed by atoms with E-state index in [1.54, 1.807) is 23.2 Å². The highest BCUT2D eigenvalue weighted by molar-refractivity contribution is 7.16. The number of carbonyl (C=O) groups is 2. The molecule has 1 aliphatic carbocycles. The summed E-state index contributed by atoms with van der Waals surface area (Å²) in [6, 6.07) is 2.28. The Balaban J connectivity index is 1.60. The summed E-state index contributed by atoms with van der Waals surface area (Å²) >= 11 is 1.56. The first kappa shape index (κ1) is 17.9. The van der Waals surface area contributed by atoms with Crippen molar-refractivity contribution < 1.29 is 9.59 Å². The average Bonchev–Trinajstić information content (AvgIpc) is 2.90. The number of rotatable bonds is 3. The average molecular weight is 360 g/mol. The topological polar surface area (TPSA) is 76.4 Å². The minimum absolute atomic E-state index is 0.0839. The van der Waals surface area contributed by atoms with Gasteiger partial charge in [0.2, 0.25) is 11.8 Å². The molecule has 1 N–H and O–H groups in total. The van der Waals surface area contributed by atoms with Crippen LogP contribution in [0, 0.1) is 17.2 Å². The molecule has 1 atom stereocenters. The number of amides is 2. The van der Waals surface area contributed by atoms with E-state index in [0.717, 1.165) is 24.8 Å². The molecule has 3 rings (SSSR count). The molecule has 1 aliphatic heterocycles. The predicted molar refractivity (Wildman–Crippen MR) is 97.5 cm³/mol. The van der Waals surface area contributed by atoms with E-state index in [1.807, 2.05) is 0 Å². The van der Waals surface area contributed by atoms with Crippen molar-refractivity contribution >= 4 is 28.2 Å². The van der Waals surface area contributed by atoms with Gasteiger partial charge in [-0.3, -0.25) is 14.5 Å². The quantitative estimate of drug-likeness (QED) is 0.892. The molecule has 1 unspecified atom stereocenters. The summed E-state index contributed by atoms with van der Waals surface area (Å²) in [6.07, 6.45) is 3.03. The molecule has 2 aliphatic rings. The Bertz CT molecular complexity index is 713. The minimum Gasteiger partial charge on any atom is -0.340 e. The monoisotopic (exact) mass is 360 g/mol. The van der Waals surface area contributed by atoms with Gasteiger partial charge in [0.1, 0.15) is 11.1 Å². The van der Waals surface area contributed by atoms with Crippen LogP contribution in [0.2, 0.25) is 0 Å². The Labute approximate surface area is 152 Å². The van der Waals surface area contributed by atoms with Crippen LogP contribution in [-0.4, -0.2) is 54.3 Å². The van der Waals surface area contributed by atoms with Crippen LogP contribution >= 0.6 is 11.3 Å². The summed E-state index contributed by atoms with van der Waals surface area (Å²) in [7, 11) is 0. The second kappa shape index (κ2) is 7.54. The molecule has 0 radical (unpaired) electrons. The molecule has 1 fully saturated rings. The lowest BCUT2D eigenvalue weighted by Crippen LogP contribution is -2.49. The molecule has 1 aromatic rings. The first-order valence-corrected chi connectivity index (χ1v) is 9.62. The summed E-state index contributed by atoms with van der Waals surface area (Å²) < 4.78 is 0. The molecule has 0 spiro atoms. The van der Waals surface area contributed by atoms with E-state index in [1.165, 1.54) is 4.88 Å². The van der Waals surface area contributed by atoms with Crippen molar-refractivity contribution in [2.45, 2.75) is 33.1 Å². The van der Waals surface area contributed by atoms with Crippen LogP contribution in [0.25, 0.3) is 0 Å². The van der Waals surface area contributed by atoms with Gasteiger partial charge in [0.25, 0.3) is 0 Å². The van der Waals surface area contributed by atoms with E-state index >= 15 is 0 Å². The SMILES string of the molecule is CC(=O)N1CCN(CC(=O)Nc2sc3c(c2C#N)CCC(C)C3)CC1. The number of thiophene rings is 1. The van der Waals surface area contributed by atoms with E-state index in [2.05, 4.69) is 23.2 Å². The zero-order valence-corrected chi connectivity index (χ0v) is 15.6. The van der Waals surface area contributed by atoms with Crippen LogP contribution in [0.3, 0.4) is 0 Å². The molecule has 1 aromatic heterocycles.